The Kier molecular flexibility index (Phi) is 11.3. The standard InChI is InChI=1S/C84H55B3N6/c1-9-26-56(27-10-1)58-44-48-68-74(52-58)90-75-53-59(57-28-11-2-12-29-57)45-49-70(75)86-80-79-78-72(92(86)64-38-21-7-22-39-64)42-25-43-73(78)93(65-40-23-8-24-41-65)87-71-51-47-67(89(62-34-17-5-18-35-62)63-36-19-6-20-37-63)55-77(71)91-76-54-66(46-50-69(76)85(68)82(83(80)90)84(91)81(79)87)88(60-30-13-3-14-31-60)61-32-15-4-16-33-61/h1-55H. The second-order valence-corrected chi connectivity index (χ2v) is 25.1. The van der Waals surface area contributed by atoms with Gasteiger partial charge in [0, 0.05) is 96.6 Å². The minimum atomic E-state index is -0.250. The van der Waals surface area contributed by atoms with Crippen LogP contribution >= 0.6 is 0 Å². The third-order valence-electron chi connectivity index (χ3n) is 20.3. The number of hydrogen-bond donors (Lipinski definition) is 0. The molecule has 0 atom stereocenters. The molecule has 6 aliphatic rings. The molecular weight excluding hydrogens is 1130 g/mol. The Morgan fingerprint density at radius 1 is 0.226 bits per heavy atom. The van der Waals surface area contributed by atoms with Crippen LogP contribution in [0, 0.1) is 0 Å². The molecule has 0 saturated carbocycles. The Morgan fingerprint density at radius 3 is 0.978 bits per heavy atom. The number of para-hydroxylation sites is 6. The van der Waals surface area contributed by atoms with E-state index in [0.29, 0.717) is 0 Å². The minimum absolute atomic E-state index is 0.182. The van der Waals surface area contributed by atoms with Gasteiger partial charge in [-0.05, 0) is 187 Å². The van der Waals surface area contributed by atoms with E-state index in [0.717, 1.165) is 56.9 Å². The van der Waals surface area contributed by atoms with E-state index < -0.39 is 0 Å². The lowest BCUT2D eigenvalue weighted by Crippen LogP contribution is -2.74. The van der Waals surface area contributed by atoms with Gasteiger partial charge in [0.1, 0.15) is 0 Å². The molecule has 0 radical (unpaired) electrons. The number of hydrogen-bond acceptors (Lipinski definition) is 6. The van der Waals surface area contributed by atoms with E-state index in [1.807, 2.05) is 0 Å². The summed E-state index contributed by atoms with van der Waals surface area (Å²) in [5.41, 5.74) is 34.8. The zero-order valence-corrected chi connectivity index (χ0v) is 50.7. The smallest absolute Gasteiger partial charge is 0.333 e. The van der Waals surface area contributed by atoms with E-state index in [2.05, 4.69) is 363 Å². The van der Waals surface area contributed by atoms with Gasteiger partial charge in [-0.2, -0.15) is 0 Å². The average molecular weight is 1180 g/mol. The topological polar surface area (TPSA) is 19.4 Å². The van der Waals surface area contributed by atoms with Crippen LogP contribution in [-0.2, 0) is 0 Å². The summed E-state index contributed by atoms with van der Waals surface area (Å²) in [6, 6.07) is 124. The van der Waals surface area contributed by atoms with E-state index in [-0.39, 0.29) is 20.4 Å². The van der Waals surface area contributed by atoms with Gasteiger partial charge in [-0.25, -0.2) is 0 Å². The van der Waals surface area contributed by atoms with E-state index in [1.54, 1.807) is 0 Å². The molecule has 6 heterocycles. The molecule has 0 amide bonds. The molecule has 0 spiro atoms. The molecule has 0 unspecified atom stereocenters. The van der Waals surface area contributed by atoms with Crippen molar-refractivity contribution in [1.82, 2.24) is 0 Å². The van der Waals surface area contributed by atoms with Gasteiger partial charge in [0.2, 0.25) is 0 Å². The van der Waals surface area contributed by atoms with Gasteiger partial charge in [-0.15, -0.1) is 0 Å². The van der Waals surface area contributed by atoms with Crippen LogP contribution in [0.4, 0.5) is 91.0 Å². The third kappa shape index (κ3) is 7.56. The van der Waals surface area contributed by atoms with E-state index >= 15 is 0 Å². The van der Waals surface area contributed by atoms with Gasteiger partial charge >= 0.3 is 13.7 Å². The molecule has 0 aromatic heterocycles. The fourth-order valence-corrected chi connectivity index (χ4v) is 16.6. The van der Waals surface area contributed by atoms with E-state index in [9.17, 15) is 0 Å². The highest BCUT2D eigenvalue weighted by Crippen LogP contribution is 2.57. The van der Waals surface area contributed by atoms with Crippen LogP contribution < -0.4 is 67.5 Å². The van der Waals surface area contributed by atoms with Crippen molar-refractivity contribution < 1.29 is 0 Å². The van der Waals surface area contributed by atoms with E-state index in [4.69, 9.17) is 0 Å². The van der Waals surface area contributed by atoms with Crippen LogP contribution in [0.5, 0.6) is 0 Å². The highest BCUT2D eigenvalue weighted by atomic mass is 15.2. The molecule has 6 aliphatic heterocycles. The van der Waals surface area contributed by atoms with Crippen molar-refractivity contribution in [3.63, 3.8) is 0 Å². The van der Waals surface area contributed by atoms with Gasteiger partial charge < -0.3 is 29.2 Å². The molecule has 14 aromatic carbocycles. The summed E-state index contributed by atoms with van der Waals surface area (Å²) < 4.78 is 0. The monoisotopic (exact) mass is 1180 g/mol. The molecule has 14 aromatic rings. The summed E-state index contributed by atoms with van der Waals surface area (Å²) in [5.74, 6) is 0. The SMILES string of the molecule is c1ccc(-c2ccc3c(c2)N2c4cc(-c5ccccc5)ccc4B4c5c6c7c8c(c52)B3c2ccc(N(c3ccccc3)c3ccccc3)cc2N8c2cc(N(c3ccccc3)c3ccccc3)ccc2B7N(c2ccccc2)c2cccc(c2-6)N4c2ccccc2)cc1. The first-order chi connectivity index (χ1) is 46.2. The zero-order valence-electron chi connectivity index (χ0n) is 50.7. The van der Waals surface area contributed by atoms with Gasteiger partial charge in [0.15, 0.2) is 0 Å². The number of nitrogens with zero attached hydrogens (tertiary/aromatic N) is 6. The number of fused-ring (bicyclic) bond motifs is 12. The van der Waals surface area contributed by atoms with Crippen LogP contribution in [0.3, 0.4) is 0 Å². The van der Waals surface area contributed by atoms with Crippen molar-refractivity contribution in [3.05, 3.63) is 334 Å². The highest BCUT2D eigenvalue weighted by Gasteiger charge is 2.59. The summed E-state index contributed by atoms with van der Waals surface area (Å²) in [4.78, 5) is 15.7. The van der Waals surface area contributed by atoms with Crippen LogP contribution in [-0.4, -0.2) is 20.4 Å². The molecule has 9 heteroatoms. The van der Waals surface area contributed by atoms with Gasteiger partial charge in [-0.1, -0.05) is 212 Å². The largest absolute Gasteiger partial charge is 0.376 e. The predicted octanol–water partition coefficient (Wildman–Crippen LogP) is 16.9. The molecule has 6 nitrogen and oxygen atoms in total. The maximum Gasteiger partial charge on any atom is 0.333 e. The normalized spacial score (nSPS) is 13.4. The number of anilines is 16. The summed E-state index contributed by atoms with van der Waals surface area (Å²) in [6.45, 7) is -0.642. The zero-order chi connectivity index (χ0) is 60.8. The fraction of sp³-hybridized carbons (Fsp3) is 0. The Morgan fingerprint density at radius 2 is 0.559 bits per heavy atom. The molecular formula is C84H55B3N6. The lowest BCUT2D eigenvalue weighted by molar-refractivity contribution is 1.22. The van der Waals surface area contributed by atoms with Crippen molar-refractivity contribution in [2.24, 2.45) is 0 Å². The Bertz CT molecular complexity index is 5240. The first kappa shape index (κ1) is 51.9. The Hall–Kier alpha value is -11.9. The first-order valence-corrected chi connectivity index (χ1v) is 32.3. The van der Waals surface area contributed by atoms with Gasteiger partial charge in [0.05, 0.1) is 0 Å². The first-order valence-electron chi connectivity index (χ1n) is 32.3. The minimum Gasteiger partial charge on any atom is -0.376 e. The lowest BCUT2D eigenvalue weighted by Gasteiger charge is -2.56. The van der Waals surface area contributed by atoms with Crippen LogP contribution in [0.2, 0.25) is 0 Å². The molecule has 93 heavy (non-hydrogen) atoms. The maximum atomic E-state index is 2.74. The molecule has 0 bridgehead atoms. The molecule has 0 saturated heterocycles. The average Bonchev–Trinajstić information content (AvgIpc) is 0.647. The van der Waals surface area contributed by atoms with Gasteiger partial charge in [-0.3, -0.25) is 0 Å². The third-order valence-corrected chi connectivity index (χ3v) is 20.3. The molecule has 20 rings (SSSR count). The number of benzene rings is 14. The van der Waals surface area contributed by atoms with Crippen molar-refractivity contribution in [3.8, 4) is 33.4 Å². The second-order valence-electron chi connectivity index (χ2n) is 25.1. The molecule has 0 aliphatic carbocycles. The molecule has 430 valence electrons. The summed E-state index contributed by atoms with van der Waals surface area (Å²) in [5, 5.41) is 0. The number of rotatable bonds is 10. The second kappa shape index (κ2) is 20.3. The van der Waals surface area contributed by atoms with Crippen LogP contribution in [0.1, 0.15) is 0 Å². The van der Waals surface area contributed by atoms with Crippen molar-refractivity contribution in [1.29, 1.82) is 0 Å². The molecule has 0 fully saturated rings. The lowest BCUT2D eigenvalue weighted by atomic mass is 9.28. The quantitative estimate of drug-likeness (QED) is 0.126. The van der Waals surface area contributed by atoms with Gasteiger partial charge in [0.25, 0.3) is 6.71 Å². The Labute approximate surface area is 542 Å². The summed E-state index contributed by atoms with van der Waals surface area (Å²) >= 11 is 0. The highest BCUT2D eigenvalue weighted by molar-refractivity contribution is 7.05. The molecule has 0 N–H and O–H groups in total. The van der Waals surface area contributed by atoms with Crippen molar-refractivity contribution in [2.45, 2.75) is 0 Å². The predicted molar refractivity (Wildman–Crippen MR) is 393 cm³/mol. The Balaban J connectivity index is 0.969. The summed E-state index contributed by atoms with van der Waals surface area (Å²) in [7, 11) is 0. The van der Waals surface area contributed by atoms with Crippen LogP contribution in [0.25, 0.3) is 33.4 Å². The van der Waals surface area contributed by atoms with E-state index in [1.165, 1.54) is 106 Å². The van der Waals surface area contributed by atoms with Crippen LogP contribution in [0.15, 0.2) is 334 Å². The maximum absolute atomic E-state index is 2.74. The summed E-state index contributed by atoms with van der Waals surface area (Å²) in [6.07, 6.45) is 0. The van der Waals surface area contributed by atoms with Crippen molar-refractivity contribution in [2.75, 3.05) is 29.2 Å². The van der Waals surface area contributed by atoms with Crippen molar-refractivity contribution >= 4 is 150 Å². The fourth-order valence-electron chi connectivity index (χ4n) is 16.6.